The van der Waals surface area contributed by atoms with Crippen LogP contribution >= 0.6 is 0 Å². The first-order chi connectivity index (χ1) is 26.9. The summed E-state index contributed by atoms with van der Waals surface area (Å²) in [5.74, 6) is 1.68. The van der Waals surface area contributed by atoms with E-state index in [2.05, 4.69) is 93.7 Å². The Kier molecular flexibility index (Phi) is 11.2. The van der Waals surface area contributed by atoms with Crippen LogP contribution in [0.2, 0.25) is 0 Å². The van der Waals surface area contributed by atoms with Crippen molar-refractivity contribution in [2.75, 3.05) is 57.7 Å². The summed E-state index contributed by atoms with van der Waals surface area (Å²) in [5, 5.41) is 16.5. The molecule has 3 atom stereocenters. The number of rotatable bonds is 13. The summed E-state index contributed by atoms with van der Waals surface area (Å²) in [6.45, 7) is 12.2. The predicted octanol–water partition coefficient (Wildman–Crippen LogP) is 6.89. The predicted molar refractivity (Wildman–Crippen MR) is 217 cm³/mol. The molecule has 2 saturated heterocycles. The van der Waals surface area contributed by atoms with Crippen LogP contribution in [0.3, 0.4) is 0 Å². The highest BCUT2D eigenvalue weighted by Crippen LogP contribution is 2.47. The number of fused-ring (bicyclic) bond motifs is 2. The summed E-state index contributed by atoms with van der Waals surface area (Å²) < 4.78 is 6.24. The molecule has 1 unspecified atom stereocenters. The summed E-state index contributed by atoms with van der Waals surface area (Å²) in [4.78, 5) is 32.3. The molecule has 2 amide bonds. The lowest BCUT2D eigenvalue weighted by atomic mass is 9.69. The van der Waals surface area contributed by atoms with Gasteiger partial charge in [-0.3, -0.25) is 14.5 Å². The molecule has 3 heterocycles. The number of hydrogen-bond acceptors (Lipinski definition) is 7. The van der Waals surface area contributed by atoms with Gasteiger partial charge in [0.15, 0.2) is 0 Å². The zero-order chi connectivity index (χ0) is 37.7. The maximum Gasteiger partial charge on any atom is 0.255 e. The quantitative estimate of drug-likeness (QED) is 0.129. The van der Waals surface area contributed by atoms with Crippen LogP contribution in [0.4, 0.5) is 5.69 Å². The van der Waals surface area contributed by atoms with Gasteiger partial charge in [0.05, 0.1) is 0 Å². The van der Waals surface area contributed by atoms with Gasteiger partial charge in [0.2, 0.25) is 5.91 Å². The first-order valence-electron chi connectivity index (χ1n) is 20.1. The largest absolute Gasteiger partial charge is 0.508 e. The van der Waals surface area contributed by atoms with Crippen molar-refractivity contribution in [3.05, 3.63) is 137 Å². The number of piperazine rings is 1. The lowest BCUT2D eigenvalue weighted by Gasteiger charge is -2.35. The third-order valence-electron chi connectivity index (χ3n) is 12.1. The summed E-state index contributed by atoms with van der Waals surface area (Å²) >= 11 is 0. The van der Waals surface area contributed by atoms with Gasteiger partial charge in [-0.1, -0.05) is 55.1 Å². The molecule has 0 aromatic heterocycles. The molecule has 0 bridgehead atoms. The SMILES string of the molecule is C=C1CCC(N2Cc3cc(NCCCCN4CCN(CCOc5ccc([C@@H]6c7ccc(O)cc7CC[C@@H]6c6ccccc6)cc5)CC4)ccc3C2=O)C(=O)N1. The van der Waals surface area contributed by atoms with Gasteiger partial charge < -0.3 is 30.3 Å². The number of phenolic OH excluding ortho intramolecular Hbond substituents is 1. The molecule has 2 fully saturated rings. The molecule has 8 rings (SSSR count). The van der Waals surface area contributed by atoms with E-state index in [1.54, 1.807) is 4.90 Å². The molecule has 4 aromatic carbocycles. The van der Waals surface area contributed by atoms with Crippen LogP contribution in [0, 0.1) is 0 Å². The van der Waals surface area contributed by atoms with Gasteiger partial charge in [0.1, 0.15) is 24.1 Å². The number of amides is 2. The Balaban J connectivity index is 0.740. The number of phenols is 1. The van der Waals surface area contributed by atoms with Crippen molar-refractivity contribution in [1.29, 1.82) is 0 Å². The highest BCUT2D eigenvalue weighted by atomic mass is 16.5. The number of hydrogen-bond donors (Lipinski definition) is 3. The van der Waals surface area contributed by atoms with Crippen molar-refractivity contribution in [2.24, 2.45) is 0 Å². The summed E-state index contributed by atoms with van der Waals surface area (Å²) in [6, 6.07) is 30.9. The van der Waals surface area contributed by atoms with E-state index in [1.165, 1.54) is 22.3 Å². The molecule has 0 saturated carbocycles. The summed E-state index contributed by atoms with van der Waals surface area (Å²) in [7, 11) is 0. The fraction of sp³-hybridized carbons (Fsp3) is 0.391. The third-order valence-corrected chi connectivity index (χ3v) is 12.1. The Labute approximate surface area is 325 Å². The monoisotopic (exact) mass is 739 g/mol. The van der Waals surface area contributed by atoms with Crippen molar-refractivity contribution in [2.45, 2.75) is 62.9 Å². The number of carbonyl (C=O) groups excluding carboxylic acids is 2. The van der Waals surface area contributed by atoms with E-state index in [1.807, 2.05) is 24.3 Å². The lowest BCUT2D eigenvalue weighted by molar-refractivity contribution is -0.126. The number of aromatic hydroxyl groups is 1. The zero-order valence-electron chi connectivity index (χ0n) is 31.7. The number of ether oxygens (including phenoxy) is 1. The van der Waals surface area contributed by atoms with Crippen LogP contribution < -0.4 is 15.4 Å². The van der Waals surface area contributed by atoms with E-state index >= 15 is 0 Å². The van der Waals surface area contributed by atoms with E-state index in [0.717, 1.165) is 94.2 Å². The number of piperidine rings is 1. The highest BCUT2D eigenvalue weighted by Gasteiger charge is 2.38. The minimum absolute atomic E-state index is 0.0602. The van der Waals surface area contributed by atoms with Crippen LogP contribution in [0.1, 0.15) is 82.1 Å². The van der Waals surface area contributed by atoms with Gasteiger partial charge in [-0.2, -0.15) is 0 Å². The normalized spacial score (nSPS) is 21.6. The van der Waals surface area contributed by atoms with E-state index in [0.29, 0.717) is 43.2 Å². The third kappa shape index (κ3) is 8.43. The van der Waals surface area contributed by atoms with E-state index in [9.17, 15) is 14.7 Å². The Bertz CT molecular complexity index is 1990. The van der Waals surface area contributed by atoms with Crippen molar-refractivity contribution >= 4 is 17.5 Å². The first kappa shape index (κ1) is 36.8. The average Bonchev–Trinajstić information content (AvgIpc) is 3.53. The van der Waals surface area contributed by atoms with E-state index in [-0.39, 0.29) is 17.7 Å². The molecule has 9 heteroatoms. The molecule has 0 spiro atoms. The van der Waals surface area contributed by atoms with Crippen molar-refractivity contribution < 1.29 is 19.4 Å². The smallest absolute Gasteiger partial charge is 0.255 e. The highest BCUT2D eigenvalue weighted by molar-refractivity contribution is 6.01. The Morgan fingerprint density at radius 2 is 1.58 bits per heavy atom. The Morgan fingerprint density at radius 3 is 2.36 bits per heavy atom. The number of allylic oxidation sites excluding steroid dienone is 1. The lowest BCUT2D eigenvalue weighted by Crippen LogP contribution is -2.49. The number of unbranched alkanes of at least 4 members (excludes halogenated alkanes) is 1. The number of anilines is 1. The van der Waals surface area contributed by atoms with Crippen molar-refractivity contribution in [3.8, 4) is 11.5 Å². The number of aryl methyl sites for hydroxylation is 1. The average molecular weight is 740 g/mol. The van der Waals surface area contributed by atoms with Gasteiger partial charge >= 0.3 is 0 Å². The van der Waals surface area contributed by atoms with Crippen LogP contribution in [0.15, 0.2) is 103 Å². The fourth-order valence-corrected chi connectivity index (χ4v) is 9.04. The van der Waals surface area contributed by atoms with Crippen molar-refractivity contribution in [1.82, 2.24) is 20.0 Å². The molecular formula is C46H53N5O4. The van der Waals surface area contributed by atoms with Crippen LogP contribution in [0.5, 0.6) is 11.5 Å². The Morgan fingerprint density at radius 1 is 0.800 bits per heavy atom. The standard InChI is InChI=1S/C46H53N5O4/c1-32-9-20-43(45(53)48-32)51-31-36-29-37(13-18-42(36)46(51)54)47-21-5-6-22-49-23-25-50(26-24-49)27-28-55-39-15-10-34(11-16-39)44-40(33-7-3-2-4-8-33)17-12-35-30-38(52)14-19-41(35)44/h2-4,7-8,10-11,13-16,18-19,29-30,40,43-44,47,52H,1,5-6,9,12,17,20-28,31H2,(H,48,53)/t40-,43?,44+/m1/s1. The molecule has 1 aliphatic carbocycles. The van der Waals surface area contributed by atoms with Crippen LogP contribution in [-0.4, -0.2) is 90.1 Å². The van der Waals surface area contributed by atoms with E-state index in [4.69, 9.17) is 4.74 Å². The fourth-order valence-electron chi connectivity index (χ4n) is 9.04. The number of benzene rings is 4. The minimum atomic E-state index is -0.431. The van der Waals surface area contributed by atoms with Crippen LogP contribution in [0.25, 0.3) is 0 Å². The molecule has 286 valence electrons. The molecule has 55 heavy (non-hydrogen) atoms. The maximum absolute atomic E-state index is 13.0. The molecular weight excluding hydrogens is 687 g/mol. The maximum atomic E-state index is 13.0. The van der Waals surface area contributed by atoms with Gasteiger partial charge in [-0.05, 0) is 121 Å². The Hall–Kier alpha value is -5.12. The molecule has 3 aliphatic heterocycles. The molecule has 9 nitrogen and oxygen atoms in total. The second kappa shape index (κ2) is 16.7. The van der Waals surface area contributed by atoms with Crippen LogP contribution in [-0.2, 0) is 17.8 Å². The minimum Gasteiger partial charge on any atom is -0.508 e. The van der Waals surface area contributed by atoms with E-state index < -0.39 is 6.04 Å². The number of carbonyl (C=O) groups is 2. The first-order valence-corrected chi connectivity index (χ1v) is 20.1. The second-order valence-electron chi connectivity index (χ2n) is 15.6. The molecule has 0 radical (unpaired) electrons. The van der Waals surface area contributed by atoms with Gasteiger partial charge in [0, 0.05) is 68.7 Å². The second-order valence-corrected chi connectivity index (χ2v) is 15.6. The number of nitrogens with one attached hydrogen (secondary N) is 2. The van der Waals surface area contributed by atoms with Gasteiger partial charge in [-0.25, -0.2) is 0 Å². The molecule has 4 aliphatic rings. The van der Waals surface area contributed by atoms with Gasteiger partial charge in [-0.15, -0.1) is 0 Å². The zero-order valence-corrected chi connectivity index (χ0v) is 31.7. The topological polar surface area (TPSA) is 97.4 Å². The molecule has 3 N–H and O–H groups in total. The summed E-state index contributed by atoms with van der Waals surface area (Å²) in [6.07, 6.45) is 5.55. The summed E-state index contributed by atoms with van der Waals surface area (Å²) in [5.41, 5.74) is 8.63. The van der Waals surface area contributed by atoms with Gasteiger partial charge in [0.25, 0.3) is 5.91 Å². The molecule has 4 aromatic rings. The van der Waals surface area contributed by atoms with Crippen molar-refractivity contribution in [3.63, 3.8) is 0 Å². The number of nitrogens with zero attached hydrogens (tertiary/aromatic N) is 3.